The van der Waals surface area contributed by atoms with Crippen LogP contribution in [0.5, 0.6) is 0 Å². The number of amides is 2. The van der Waals surface area contributed by atoms with Crippen molar-refractivity contribution in [3.05, 3.63) is 64.4 Å². The first kappa shape index (κ1) is 20.3. The molecule has 0 spiro atoms. The second-order valence-electron chi connectivity index (χ2n) is 6.64. The zero-order valence-corrected chi connectivity index (χ0v) is 16.6. The van der Waals surface area contributed by atoms with Crippen molar-refractivity contribution in [2.24, 2.45) is 0 Å². The van der Waals surface area contributed by atoms with E-state index in [0.717, 1.165) is 17.9 Å². The average molecular weight is 425 g/mol. The number of benzene rings is 2. The van der Waals surface area contributed by atoms with Crippen LogP contribution in [-0.2, 0) is 21.2 Å². The molecule has 0 aromatic heterocycles. The number of sulfone groups is 1. The molecule has 1 atom stereocenters. The quantitative estimate of drug-likeness (QED) is 0.772. The summed E-state index contributed by atoms with van der Waals surface area (Å²) in [4.78, 5) is 27.0. The molecule has 2 aromatic carbocycles. The van der Waals surface area contributed by atoms with Crippen LogP contribution in [0.4, 0.5) is 10.1 Å². The third kappa shape index (κ3) is 4.51. The smallest absolute Gasteiger partial charge is 0.255 e. The summed E-state index contributed by atoms with van der Waals surface area (Å²) in [5.41, 5.74) is 1.52. The van der Waals surface area contributed by atoms with Gasteiger partial charge in [-0.05, 0) is 36.2 Å². The summed E-state index contributed by atoms with van der Waals surface area (Å²) in [7, 11) is -3.34. The zero-order chi connectivity index (χ0) is 20.5. The van der Waals surface area contributed by atoms with Crippen molar-refractivity contribution in [1.29, 1.82) is 0 Å². The van der Waals surface area contributed by atoms with Gasteiger partial charge in [-0.2, -0.15) is 0 Å². The van der Waals surface area contributed by atoms with E-state index < -0.39 is 27.6 Å². The van der Waals surface area contributed by atoms with Crippen LogP contribution in [0.3, 0.4) is 0 Å². The summed E-state index contributed by atoms with van der Waals surface area (Å²) in [6, 6.07) is 9.69. The first-order valence-corrected chi connectivity index (χ1v) is 10.9. The molecule has 1 N–H and O–H groups in total. The molecule has 3 rings (SSSR count). The van der Waals surface area contributed by atoms with E-state index in [2.05, 4.69) is 5.32 Å². The molecule has 0 saturated carbocycles. The fourth-order valence-corrected chi connectivity index (χ4v) is 3.91. The Balaban J connectivity index is 1.85. The van der Waals surface area contributed by atoms with Crippen LogP contribution < -0.4 is 5.32 Å². The molecule has 9 heteroatoms. The van der Waals surface area contributed by atoms with Crippen molar-refractivity contribution in [3.8, 4) is 0 Å². The van der Waals surface area contributed by atoms with E-state index in [1.54, 1.807) is 24.3 Å². The number of nitrogens with zero attached hydrogens (tertiary/aromatic N) is 1. The first-order chi connectivity index (χ1) is 13.2. The van der Waals surface area contributed by atoms with E-state index in [4.69, 9.17) is 11.6 Å². The van der Waals surface area contributed by atoms with Crippen LogP contribution in [0.1, 0.15) is 22.3 Å². The Morgan fingerprint density at radius 2 is 2.00 bits per heavy atom. The van der Waals surface area contributed by atoms with Gasteiger partial charge in [-0.3, -0.25) is 9.59 Å². The molecule has 6 nitrogen and oxygen atoms in total. The topological polar surface area (TPSA) is 83.6 Å². The third-order valence-electron chi connectivity index (χ3n) is 4.48. The van der Waals surface area contributed by atoms with Crippen LogP contribution in [0, 0.1) is 5.82 Å². The van der Waals surface area contributed by atoms with Crippen molar-refractivity contribution in [2.75, 3.05) is 17.3 Å². The number of rotatable bonds is 6. The van der Waals surface area contributed by atoms with Crippen molar-refractivity contribution in [3.63, 3.8) is 0 Å². The van der Waals surface area contributed by atoms with E-state index >= 15 is 0 Å². The van der Waals surface area contributed by atoms with Crippen LogP contribution >= 0.6 is 11.6 Å². The second-order valence-corrected chi connectivity index (χ2v) is 9.31. The molecule has 148 valence electrons. The maximum absolute atomic E-state index is 13.3. The molecule has 28 heavy (non-hydrogen) atoms. The maximum atomic E-state index is 13.3. The molecule has 0 unspecified atom stereocenters. The lowest BCUT2D eigenvalue weighted by Crippen LogP contribution is -2.45. The highest BCUT2D eigenvalue weighted by atomic mass is 35.5. The zero-order valence-electron chi connectivity index (χ0n) is 15.0. The van der Waals surface area contributed by atoms with Gasteiger partial charge in [0.2, 0.25) is 5.91 Å². The van der Waals surface area contributed by atoms with Gasteiger partial charge in [-0.25, -0.2) is 12.8 Å². The van der Waals surface area contributed by atoms with E-state index in [0.29, 0.717) is 5.56 Å². The van der Waals surface area contributed by atoms with Gasteiger partial charge in [0.05, 0.1) is 10.8 Å². The highest BCUT2D eigenvalue weighted by Crippen LogP contribution is 2.27. The minimum atomic E-state index is -3.34. The lowest BCUT2D eigenvalue weighted by Gasteiger charge is -2.26. The van der Waals surface area contributed by atoms with Gasteiger partial charge in [-0.1, -0.05) is 29.8 Å². The summed E-state index contributed by atoms with van der Waals surface area (Å²) in [5, 5.41) is 2.43. The average Bonchev–Trinajstić information content (AvgIpc) is 2.94. The van der Waals surface area contributed by atoms with Gasteiger partial charge in [-0.15, -0.1) is 0 Å². The fourth-order valence-electron chi connectivity index (χ4n) is 3.08. The molecule has 2 aromatic rings. The van der Waals surface area contributed by atoms with Crippen LogP contribution in [0.25, 0.3) is 0 Å². The number of carbonyl (C=O) groups is 2. The fraction of sp³-hybridized carbons (Fsp3) is 0.263. The number of nitrogens with one attached hydrogen (secondary N) is 1. The molecular weight excluding hydrogens is 407 g/mol. The number of hydrogen-bond donors (Lipinski definition) is 1. The van der Waals surface area contributed by atoms with Gasteiger partial charge >= 0.3 is 0 Å². The third-order valence-corrected chi connectivity index (χ3v) is 5.74. The molecule has 1 aliphatic rings. The summed E-state index contributed by atoms with van der Waals surface area (Å²) in [5.74, 6) is -1.78. The Kier molecular flexibility index (Phi) is 5.71. The molecule has 0 saturated heterocycles. The minimum Gasteiger partial charge on any atom is -0.324 e. The normalized spacial score (nSPS) is 14.7. The van der Waals surface area contributed by atoms with Gasteiger partial charge in [0, 0.05) is 24.1 Å². The Morgan fingerprint density at radius 1 is 1.29 bits per heavy atom. The largest absolute Gasteiger partial charge is 0.324 e. The number of anilines is 1. The second kappa shape index (κ2) is 7.89. The molecule has 0 aliphatic carbocycles. The van der Waals surface area contributed by atoms with Crippen LogP contribution in [-0.4, -0.2) is 43.2 Å². The van der Waals surface area contributed by atoms with Crippen molar-refractivity contribution in [1.82, 2.24) is 4.90 Å². The Hall–Kier alpha value is -2.45. The van der Waals surface area contributed by atoms with Crippen LogP contribution in [0.15, 0.2) is 42.5 Å². The van der Waals surface area contributed by atoms with Crippen molar-refractivity contribution < 1.29 is 22.4 Å². The SMILES string of the molecule is CS(=O)(=O)CC[C@@H](C(=O)Nc1ccc(F)c(Cl)c1)N1Cc2ccccc2C1=O. The minimum absolute atomic E-state index is 0.0562. The first-order valence-electron chi connectivity index (χ1n) is 8.48. The standard InChI is InChI=1S/C19H18ClFN2O4S/c1-28(26,27)9-8-17(18(24)22-13-6-7-16(21)15(20)10-13)23-11-12-4-2-3-5-14(12)19(23)25/h2-7,10,17H,8-9,11H2,1H3,(H,22,24)/t17-/m0/s1. The summed E-state index contributed by atoms with van der Waals surface area (Å²) in [6.07, 6.45) is 1.02. The molecule has 0 bridgehead atoms. The van der Waals surface area contributed by atoms with E-state index in [9.17, 15) is 22.4 Å². The molecule has 0 radical (unpaired) electrons. The van der Waals surface area contributed by atoms with E-state index in [1.807, 2.05) is 0 Å². The molecule has 1 heterocycles. The van der Waals surface area contributed by atoms with Crippen molar-refractivity contribution >= 4 is 38.9 Å². The number of hydrogen-bond acceptors (Lipinski definition) is 4. The Bertz CT molecular complexity index is 1040. The molecule has 1 aliphatic heterocycles. The lowest BCUT2D eigenvalue weighted by molar-refractivity contribution is -0.120. The van der Waals surface area contributed by atoms with Crippen LogP contribution in [0.2, 0.25) is 5.02 Å². The van der Waals surface area contributed by atoms with Crippen molar-refractivity contribution in [2.45, 2.75) is 19.0 Å². The highest BCUT2D eigenvalue weighted by Gasteiger charge is 2.36. The Morgan fingerprint density at radius 3 is 2.64 bits per heavy atom. The van der Waals surface area contributed by atoms with E-state index in [-0.39, 0.29) is 35.3 Å². The maximum Gasteiger partial charge on any atom is 0.255 e. The molecule has 0 fully saturated rings. The predicted octanol–water partition coefficient (Wildman–Crippen LogP) is 2.88. The Labute approximate surface area is 167 Å². The predicted molar refractivity (Wildman–Crippen MR) is 104 cm³/mol. The molecule has 2 amide bonds. The number of carbonyl (C=O) groups excluding carboxylic acids is 2. The van der Waals surface area contributed by atoms with Gasteiger partial charge in [0.25, 0.3) is 5.91 Å². The number of halogens is 2. The molecular formula is C19H18ClFN2O4S. The summed E-state index contributed by atoms with van der Waals surface area (Å²) >= 11 is 5.74. The van der Waals surface area contributed by atoms with E-state index in [1.165, 1.54) is 17.0 Å². The summed E-state index contributed by atoms with van der Waals surface area (Å²) in [6.45, 7) is 0.209. The number of fused-ring (bicyclic) bond motifs is 1. The highest BCUT2D eigenvalue weighted by molar-refractivity contribution is 7.90. The monoisotopic (exact) mass is 424 g/mol. The van der Waals surface area contributed by atoms with Gasteiger partial charge in [0.15, 0.2) is 0 Å². The van der Waals surface area contributed by atoms with Gasteiger partial charge < -0.3 is 10.2 Å². The lowest BCUT2D eigenvalue weighted by atomic mass is 10.1. The van der Waals surface area contributed by atoms with Gasteiger partial charge in [0.1, 0.15) is 21.7 Å². The summed E-state index contributed by atoms with van der Waals surface area (Å²) < 4.78 is 36.6.